The van der Waals surface area contributed by atoms with Crippen LogP contribution in [0.2, 0.25) is 0 Å². The van der Waals surface area contributed by atoms with Gasteiger partial charge in [0.2, 0.25) is 0 Å². The molecule has 0 fully saturated rings. The minimum atomic E-state index is -1.50. The summed E-state index contributed by atoms with van der Waals surface area (Å²) in [5.74, 6) is -1.82. The van der Waals surface area contributed by atoms with E-state index in [9.17, 15) is 9.59 Å². The maximum Gasteiger partial charge on any atom is 0.161 e. The summed E-state index contributed by atoms with van der Waals surface area (Å²) in [5, 5.41) is 17.5. The fourth-order valence-corrected chi connectivity index (χ4v) is 0.765. The molecule has 0 aromatic rings. The number of hydrogen-bond acceptors (Lipinski definition) is 4. The Morgan fingerprint density at radius 1 is 1.64 bits per heavy atom. The molecular weight excluding hydrogens is 167 g/mol. The molecular formula is C6H9O4P. The number of carbonyl (C=O) groups is 2. The Morgan fingerprint density at radius 3 is 2.18 bits per heavy atom. The second kappa shape index (κ2) is 4.21. The quantitative estimate of drug-likeness (QED) is 0.265. The van der Waals surface area contributed by atoms with E-state index in [0.29, 0.717) is 0 Å². The van der Waals surface area contributed by atoms with Gasteiger partial charge in [-0.25, -0.2) is 0 Å². The molecule has 62 valence electrons. The van der Waals surface area contributed by atoms with Crippen molar-refractivity contribution in [3.05, 3.63) is 12.3 Å². The maximum absolute atomic E-state index is 10.5. The molecule has 0 rings (SSSR count). The third kappa shape index (κ3) is 2.78. The zero-order chi connectivity index (χ0) is 9.02. The van der Waals surface area contributed by atoms with Crippen molar-refractivity contribution in [2.45, 2.75) is 6.10 Å². The highest BCUT2D eigenvalue weighted by Gasteiger charge is 2.25. The zero-order valence-electron chi connectivity index (χ0n) is 5.73. The van der Waals surface area contributed by atoms with Crippen LogP contribution in [-0.4, -0.2) is 28.1 Å². The van der Waals surface area contributed by atoms with E-state index >= 15 is 0 Å². The maximum atomic E-state index is 10.5. The van der Waals surface area contributed by atoms with Crippen molar-refractivity contribution in [3.63, 3.8) is 0 Å². The van der Waals surface area contributed by atoms with Crippen molar-refractivity contribution in [1.29, 1.82) is 0 Å². The van der Waals surface area contributed by atoms with E-state index in [1.165, 1.54) is 0 Å². The van der Waals surface area contributed by atoms with Crippen LogP contribution in [0.25, 0.3) is 0 Å². The largest absolute Gasteiger partial charge is 0.510 e. The lowest BCUT2D eigenvalue weighted by Crippen LogP contribution is -2.27. The average molecular weight is 176 g/mol. The summed E-state index contributed by atoms with van der Waals surface area (Å²) in [6.45, 7) is 2.99. The molecule has 1 unspecified atom stereocenters. The van der Waals surface area contributed by atoms with E-state index in [4.69, 9.17) is 10.2 Å². The van der Waals surface area contributed by atoms with Gasteiger partial charge in [-0.15, -0.1) is 0 Å². The fraction of sp³-hybridized carbons (Fsp3) is 0.333. The Bertz CT molecular complexity index is 189. The Hall–Kier alpha value is -0.730. The Kier molecular flexibility index (Phi) is 3.93. The van der Waals surface area contributed by atoms with Crippen LogP contribution in [0.1, 0.15) is 0 Å². The minimum Gasteiger partial charge on any atom is -0.510 e. The molecule has 4 nitrogen and oxygen atoms in total. The first-order valence-corrected chi connectivity index (χ1v) is 3.39. The summed E-state index contributed by atoms with van der Waals surface area (Å²) >= 11 is 0. The van der Waals surface area contributed by atoms with Crippen LogP contribution in [0.5, 0.6) is 0 Å². The van der Waals surface area contributed by atoms with E-state index < -0.39 is 23.3 Å². The first-order chi connectivity index (χ1) is 5.00. The van der Waals surface area contributed by atoms with Crippen LogP contribution in [0.3, 0.4) is 0 Å². The number of hydrogen-bond donors (Lipinski definition) is 2. The smallest absolute Gasteiger partial charge is 0.161 e. The van der Waals surface area contributed by atoms with Gasteiger partial charge < -0.3 is 15.0 Å². The molecule has 0 amide bonds. The highest BCUT2D eigenvalue weighted by Crippen LogP contribution is 2.11. The van der Waals surface area contributed by atoms with Crippen molar-refractivity contribution in [2.75, 3.05) is 0 Å². The summed E-state index contributed by atoms with van der Waals surface area (Å²) in [7, 11) is 1.75. The lowest BCUT2D eigenvalue weighted by molar-refractivity contribution is -0.125. The van der Waals surface area contributed by atoms with Crippen LogP contribution in [0.4, 0.5) is 0 Å². The molecule has 0 radical (unpaired) electrons. The van der Waals surface area contributed by atoms with Gasteiger partial charge in [0.1, 0.15) is 24.1 Å². The van der Waals surface area contributed by atoms with Crippen molar-refractivity contribution in [3.8, 4) is 0 Å². The second-order valence-corrected chi connectivity index (χ2v) is 2.57. The standard InChI is InChI=1S/C6H9O4P/c1-3(8)5(9)4(2-7)6(10)11/h2,4-5,8-9H,1,11H2/t4-,5+/m1/s1. The van der Waals surface area contributed by atoms with Gasteiger partial charge in [0.05, 0.1) is 0 Å². The molecule has 0 spiro atoms. The van der Waals surface area contributed by atoms with Gasteiger partial charge in [0, 0.05) is 0 Å². The third-order valence-corrected chi connectivity index (χ3v) is 1.54. The van der Waals surface area contributed by atoms with E-state index in [0.717, 1.165) is 0 Å². The van der Waals surface area contributed by atoms with Crippen molar-refractivity contribution in [1.82, 2.24) is 0 Å². The van der Waals surface area contributed by atoms with Gasteiger partial charge in [-0.2, -0.15) is 0 Å². The predicted molar refractivity (Wildman–Crippen MR) is 42.0 cm³/mol. The number of aldehydes is 1. The van der Waals surface area contributed by atoms with Gasteiger partial charge in [0.15, 0.2) is 5.52 Å². The van der Waals surface area contributed by atoms with Crippen LogP contribution >= 0.6 is 9.24 Å². The number of aliphatic hydroxyl groups is 2. The average Bonchev–Trinajstić information content (AvgIpc) is 1.88. The lowest BCUT2D eigenvalue weighted by atomic mass is 10.1. The molecule has 0 aliphatic heterocycles. The van der Waals surface area contributed by atoms with Crippen molar-refractivity contribution >= 4 is 21.1 Å². The molecule has 0 aromatic carbocycles. The first-order valence-electron chi connectivity index (χ1n) is 2.81. The molecule has 0 aromatic heterocycles. The summed E-state index contributed by atoms with van der Waals surface area (Å²) < 4.78 is 0. The van der Waals surface area contributed by atoms with Gasteiger partial charge in [-0.3, -0.25) is 4.79 Å². The SMILES string of the molecule is C=C(O)[C@H](O)[C@@H](C=O)C(=O)P. The normalized spacial score (nSPS) is 15.1. The Morgan fingerprint density at radius 2 is 2.09 bits per heavy atom. The summed E-state index contributed by atoms with van der Waals surface area (Å²) in [4.78, 5) is 20.7. The zero-order valence-corrected chi connectivity index (χ0v) is 6.88. The monoisotopic (exact) mass is 176 g/mol. The number of rotatable bonds is 4. The summed E-state index contributed by atoms with van der Waals surface area (Å²) in [5.41, 5.74) is -0.581. The highest BCUT2D eigenvalue weighted by atomic mass is 31.0. The van der Waals surface area contributed by atoms with Crippen LogP contribution in [0, 0.1) is 5.92 Å². The fourth-order valence-electron chi connectivity index (χ4n) is 0.504. The number of aliphatic hydroxyl groups excluding tert-OH is 2. The van der Waals surface area contributed by atoms with Gasteiger partial charge in [-0.05, 0) is 0 Å². The van der Waals surface area contributed by atoms with Gasteiger partial charge >= 0.3 is 0 Å². The Labute approximate surface area is 66.1 Å². The summed E-state index contributed by atoms with van der Waals surface area (Å²) in [6.07, 6.45) is -1.24. The summed E-state index contributed by atoms with van der Waals surface area (Å²) in [6, 6.07) is 0. The predicted octanol–water partition coefficient (Wildman–Crippen LogP) is -0.364. The molecule has 2 N–H and O–H groups in total. The van der Waals surface area contributed by atoms with Gasteiger partial charge in [0.25, 0.3) is 0 Å². The third-order valence-electron chi connectivity index (χ3n) is 1.16. The molecule has 11 heavy (non-hydrogen) atoms. The molecule has 0 heterocycles. The van der Waals surface area contributed by atoms with Crippen LogP contribution in [-0.2, 0) is 9.59 Å². The molecule has 0 aliphatic rings. The van der Waals surface area contributed by atoms with E-state index in [-0.39, 0.29) is 6.29 Å². The van der Waals surface area contributed by atoms with E-state index in [1.807, 2.05) is 0 Å². The highest BCUT2D eigenvalue weighted by molar-refractivity contribution is 7.40. The molecule has 0 bridgehead atoms. The minimum absolute atomic E-state index is 0.265. The van der Waals surface area contributed by atoms with Crippen LogP contribution < -0.4 is 0 Å². The molecule has 0 aliphatic carbocycles. The Balaban J connectivity index is 4.37. The van der Waals surface area contributed by atoms with E-state index in [1.54, 1.807) is 9.24 Å². The second-order valence-electron chi connectivity index (χ2n) is 2.00. The first kappa shape index (κ1) is 10.3. The van der Waals surface area contributed by atoms with Crippen LogP contribution in [0.15, 0.2) is 12.3 Å². The molecule has 0 saturated carbocycles. The molecule has 5 heteroatoms. The van der Waals surface area contributed by atoms with E-state index in [2.05, 4.69) is 6.58 Å². The molecule has 3 atom stereocenters. The molecule has 0 saturated heterocycles. The number of carbonyl (C=O) groups excluding carboxylic acids is 2. The van der Waals surface area contributed by atoms with Gasteiger partial charge in [-0.1, -0.05) is 15.8 Å². The van der Waals surface area contributed by atoms with Crippen molar-refractivity contribution in [2.24, 2.45) is 5.92 Å². The lowest BCUT2D eigenvalue weighted by Gasteiger charge is -2.12. The topological polar surface area (TPSA) is 74.6 Å². The van der Waals surface area contributed by atoms with Crippen molar-refractivity contribution < 1.29 is 19.8 Å².